The van der Waals surface area contributed by atoms with Crippen LogP contribution in [0.1, 0.15) is 32.0 Å². The molecule has 9 heteroatoms. The summed E-state index contributed by atoms with van der Waals surface area (Å²) in [7, 11) is 0. The summed E-state index contributed by atoms with van der Waals surface area (Å²) in [4.78, 5) is 36.4. The normalized spacial score (nSPS) is 10.8. The number of aryl methyl sites for hydroxylation is 1. The van der Waals surface area contributed by atoms with Crippen molar-refractivity contribution in [1.29, 1.82) is 5.26 Å². The number of fused-ring (bicyclic) bond motifs is 2. The molecule has 0 unspecified atom stereocenters. The average Bonchev–Trinajstić information content (AvgIpc) is 3.31. The average molecular weight is 477 g/mol. The maximum Gasteiger partial charge on any atom is 0.252 e. The van der Waals surface area contributed by atoms with Crippen molar-refractivity contribution in [2.24, 2.45) is 5.73 Å². The molecule has 0 aliphatic rings. The number of rotatable bonds is 7. The number of nitrogens with one attached hydrogen (secondary N) is 1. The molecule has 0 atom stereocenters. The number of carbonyl (C=O) groups is 2. The molecule has 1 amide bonds. The highest BCUT2D eigenvalue weighted by Gasteiger charge is 2.17. The Hall–Kier alpha value is -5.23. The van der Waals surface area contributed by atoms with Crippen LogP contribution in [0.15, 0.2) is 67.1 Å². The van der Waals surface area contributed by atoms with Crippen molar-refractivity contribution in [2.75, 3.05) is 6.61 Å². The monoisotopic (exact) mass is 477 g/mol. The van der Waals surface area contributed by atoms with Crippen LogP contribution < -0.4 is 15.2 Å². The van der Waals surface area contributed by atoms with Crippen LogP contribution in [-0.2, 0) is 0 Å². The van der Waals surface area contributed by atoms with E-state index in [-0.39, 0.29) is 23.7 Å². The van der Waals surface area contributed by atoms with Gasteiger partial charge in [0.15, 0.2) is 6.61 Å². The second-order valence-electron chi connectivity index (χ2n) is 8.06. The number of ketones is 1. The molecule has 3 aromatic carbocycles. The third-order valence-electron chi connectivity index (χ3n) is 5.70. The van der Waals surface area contributed by atoms with Crippen molar-refractivity contribution < 1.29 is 19.1 Å². The van der Waals surface area contributed by atoms with Crippen molar-refractivity contribution in [3.63, 3.8) is 0 Å². The number of nitrogens with two attached hydrogens (primary N) is 1. The van der Waals surface area contributed by atoms with E-state index in [0.29, 0.717) is 44.7 Å². The molecule has 0 bridgehead atoms. The molecule has 0 spiro atoms. The predicted octanol–water partition coefficient (Wildman–Crippen LogP) is 4.44. The first-order valence-corrected chi connectivity index (χ1v) is 10.9. The molecule has 3 N–H and O–H groups in total. The second kappa shape index (κ2) is 9.19. The highest BCUT2D eigenvalue weighted by Crippen LogP contribution is 2.29. The Morgan fingerprint density at radius 1 is 1.03 bits per heavy atom. The number of aromatic nitrogens is 3. The molecular formula is C27H19N5O4. The molecule has 0 aliphatic carbocycles. The van der Waals surface area contributed by atoms with Crippen LogP contribution in [0, 0.1) is 18.3 Å². The van der Waals surface area contributed by atoms with Gasteiger partial charge in [0.05, 0.1) is 22.9 Å². The zero-order valence-electron chi connectivity index (χ0n) is 19.1. The quantitative estimate of drug-likeness (QED) is 0.330. The van der Waals surface area contributed by atoms with Crippen molar-refractivity contribution in [1.82, 2.24) is 15.0 Å². The molecule has 0 radical (unpaired) electrons. The third kappa shape index (κ3) is 4.31. The van der Waals surface area contributed by atoms with Gasteiger partial charge < -0.3 is 20.2 Å². The summed E-state index contributed by atoms with van der Waals surface area (Å²) in [5.41, 5.74) is 7.93. The van der Waals surface area contributed by atoms with Gasteiger partial charge in [-0.1, -0.05) is 6.07 Å². The maximum atomic E-state index is 13.0. The van der Waals surface area contributed by atoms with Crippen LogP contribution in [0.5, 0.6) is 17.4 Å². The van der Waals surface area contributed by atoms with Crippen molar-refractivity contribution in [3.8, 4) is 23.4 Å². The SMILES string of the molecule is Cc1nccnc1Oc1ccc2c(C(=O)COc3cc4ccc(C#N)cc4cc3C(N)=O)c[nH]c2c1. The summed E-state index contributed by atoms with van der Waals surface area (Å²) in [6, 6.07) is 15.6. The number of benzene rings is 3. The Bertz CT molecular complexity index is 1700. The van der Waals surface area contributed by atoms with Gasteiger partial charge in [-0.25, -0.2) is 4.98 Å². The number of H-pyrrole nitrogens is 1. The fourth-order valence-corrected chi connectivity index (χ4v) is 3.89. The fraction of sp³-hybridized carbons (Fsp3) is 0.0741. The molecule has 0 saturated heterocycles. The van der Waals surface area contributed by atoms with Crippen molar-refractivity contribution >= 4 is 33.4 Å². The molecule has 0 aliphatic heterocycles. The van der Waals surface area contributed by atoms with E-state index in [2.05, 4.69) is 21.0 Å². The van der Waals surface area contributed by atoms with Crippen molar-refractivity contribution in [3.05, 3.63) is 89.5 Å². The maximum absolute atomic E-state index is 13.0. The molecule has 2 aromatic heterocycles. The van der Waals surface area contributed by atoms with Crippen LogP contribution in [0.4, 0.5) is 0 Å². The van der Waals surface area contributed by atoms with Gasteiger partial charge in [0.1, 0.15) is 11.5 Å². The highest BCUT2D eigenvalue weighted by atomic mass is 16.5. The van der Waals surface area contributed by atoms with E-state index in [4.69, 9.17) is 20.5 Å². The summed E-state index contributed by atoms with van der Waals surface area (Å²) in [5, 5.41) is 11.2. The third-order valence-corrected chi connectivity index (χ3v) is 5.70. The molecule has 5 rings (SSSR count). The van der Waals surface area contributed by atoms with Gasteiger partial charge in [-0.15, -0.1) is 0 Å². The second-order valence-corrected chi connectivity index (χ2v) is 8.06. The number of nitriles is 1. The number of hydrogen-bond donors (Lipinski definition) is 2. The molecule has 9 nitrogen and oxygen atoms in total. The fourth-order valence-electron chi connectivity index (χ4n) is 3.89. The van der Waals surface area contributed by atoms with Crippen LogP contribution in [-0.4, -0.2) is 33.2 Å². The van der Waals surface area contributed by atoms with Gasteiger partial charge in [-0.3, -0.25) is 14.6 Å². The number of aromatic amines is 1. The first-order chi connectivity index (χ1) is 17.4. The first-order valence-electron chi connectivity index (χ1n) is 10.9. The smallest absolute Gasteiger partial charge is 0.252 e. The van der Waals surface area contributed by atoms with Gasteiger partial charge in [-0.2, -0.15) is 5.26 Å². The van der Waals surface area contributed by atoms with E-state index in [1.807, 2.05) is 0 Å². The molecule has 2 heterocycles. The van der Waals surface area contributed by atoms with Crippen LogP contribution in [0.2, 0.25) is 0 Å². The Morgan fingerprint density at radius 3 is 2.64 bits per heavy atom. The van der Waals surface area contributed by atoms with Gasteiger partial charge >= 0.3 is 0 Å². The number of carbonyl (C=O) groups excluding carboxylic acids is 2. The number of nitrogens with zero attached hydrogens (tertiary/aromatic N) is 3. The molecule has 0 fully saturated rings. The summed E-state index contributed by atoms with van der Waals surface area (Å²) in [6.07, 6.45) is 4.74. The molecular weight excluding hydrogens is 458 g/mol. The lowest BCUT2D eigenvalue weighted by atomic mass is 10.0. The lowest BCUT2D eigenvalue weighted by molar-refractivity contribution is 0.0914. The Morgan fingerprint density at radius 2 is 1.86 bits per heavy atom. The van der Waals surface area contributed by atoms with Gasteiger partial charge in [-0.05, 0) is 54.1 Å². The number of Topliss-reactive ketones (excluding diaryl/α,β-unsaturated/α-hetero) is 1. The van der Waals surface area contributed by atoms with Crippen LogP contribution >= 0.6 is 0 Å². The van der Waals surface area contributed by atoms with E-state index in [9.17, 15) is 9.59 Å². The van der Waals surface area contributed by atoms with Crippen molar-refractivity contribution in [2.45, 2.75) is 6.92 Å². The molecule has 36 heavy (non-hydrogen) atoms. The summed E-state index contributed by atoms with van der Waals surface area (Å²) in [5.74, 6) is 0.167. The van der Waals surface area contributed by atoms with E-state index in [1.165, 1.54) is 0 Å². The summed E-state index contributed by atoms with van der Waals surface area (Å²) in [6.45, 7) is 1.50. The zero-order chi connectivity index (χ0) is 25.2. The van der Waals surface area contributed by atoms with Gasteiger partial charge in [0.2, 0.25) is 11.7 Å². The van der Waals surface area contributed by atoms with E-state index in [1.54, 1.807) is 74.0 Å². The van der Waals surface area contributed by atoms with Gasteiger partial charge in [0.25, 0.3) is 5.91 Å². The van der Waals surface area contributed by atoms with E-state index >= 15 is 0 Å². The predicted molar refractivity (Wildman–Crippen MR) is 132 cm³/mol. The minimum absolute atomic E-state index is 0.130. The topological polar surface area (TPSA) is 144 Å². The lowest BCUT2D eigenvalue weighted by Gasteiger charge is -2.11. The van der Waals surface area contributed by atoms with Crippen LogP contribution in [0.3, 0.4) is 0 Å². The van der Waals surface area contributed by atoms with E-state index < -0.39 is 5.91 Å². The summed E-state index contributed by atoms with van der Waals surface area (Å²) < 4.78 is 11.6. The number of ether oxygens (including phenoxy) is 2. The zero-order valence-corrected chi connectivity index (χ0v) is 19.1. The molecule has 5 aromatic rings. The number of amides is 1. The number of primary amides is 1. The lowest BCUT2D eigenvalue weighted by Crippen LogP contribution is -2.16. The largest absolute Gasteiger partial charge is 0.485 e. The minimum Gasteiger partial charge on any atom is -0.485 e. The van der Waals surface area contributed by atoms with Gasteiger partial charge in [0, 0.05) is 41.1 Å². The van der Waals surface area contributed by atoms with E-state index in [0.717, 1.165) is 5.39 Å². The standard InChI is InChI=1S/C27H19N5O4/c1-15-27(31-7-6-30-15)36-19-4-5-20-22(13-32-23(20)11-19)24(33)14-35-25-10-17-3-2-16(12-28)8-18(17)9-21(25)26(29)34/h2-11,13,32H,14H2,1H3,(H2,29,34). The highest BCUT2D eigenvalue weighted by molar-refractivity contribution is 6.09. The summed E-state index contributed by atoms with van der Waals surface area (Å²) >= 11 is 0. The number of hydrogen-bond acceptors (Lipinski definition) is 7. The molecule has 0 saturated carbocycles. The molecule has 176 valence electrons. The Labute approximate surface area is 205 Å². The minimum atomic E-state index is -0.695. The Kier molecular flexibility index (Phi) is 5.76. The first kappa shape index (κ1) is 22.6. The van der Waals surface area contributed by atoms with Crippen LogP contribution in [0.25, 0.3) is 21.7 Å². The Balaban J connectivity index is 1.37.